The lowest BCUT2D eigenvalue weighted by Gasteiger charge is -2.18. The third kappa shape index (κ3) is 1.85. The molecule has 1 atom stereocenters. The summed E-state index contributed by atoms with van der Waals surface area (Å²) in [5, 5.41) is 4.51. The summed E-state index contributed by atoms with van der Waals surface area (Å²) in [7, 11) is 0. The maximum Gasteiger partial charge on any atom is 0.181 e. The zero-order valence-electron chi connectivity index (χ0n) is 9.93. The third-order valence-corrected chi connectivity index (χ3v) is 3.23. The SMILES string of the molecule is Cc1ccc(-c2nc3n(n2)C(N)CCC3)cc1. The van der Waals surface area contributed by atoms with Gasteiger partial charge in [-0.3, -0.25) is 0 Å². The predicted octanol–water partition coefficient (Wildman–Crippen LogP) is 2.05. The van der Waals surface area contributed by atoms with E-state index in [1.807, 2.05) is 4.68 Å². The lowest BCUT2D eigenvalue weighted by molar-refractivity contribution is 0.373. The van der Waals surface area contributed by atoms with Crippen LogP contribution in [0.15, 0.2) is 24.3 Å². The summed E-state index contributed by atoms with van der Waals surface area (Å²) in [4.78, 5) is 4.57. The second-order valence-corrected chi connectivity index (χ2v) is 4.62. The number of fused-ring (bicyclic) bond motifs is 1. The molecule has 0 amide bonds. The smallest absolute Gasteiger partial charge is 0.181 e. The number of hydrogen-bond donors (Lipinski definition) is 1. The summed E-state index contributed by atoms with van der Waals surface area (Å²) < 4.78 is 1.87. The van der Waals surface area contributed by atoms with Crippen molar-refractivity contribution in [1.29, 1.82) is 0 Å². The molecule has 0 radical (unpaired) electrons. The van der Waals surface area contributed by atoms with Crippen LogP contribution in [0.5, 0.6) is 0 Å². The topological polar surface area (TPSA) is 56.7 Å². The molecule has 2 N–H and O–H groups in total. The molecule has 3 rings (SSSR count). The van der Waals surface area contributed by atoms with E-state index in [0.29, 0.717) is 0 Å². The van der Waals surface area contributed by atoms with E-state index in [4.69, 9.17) is 5.73 Å². The Morgan fingerprint density at radius 1 is 1.29 bits per heavy atom. The number of aryl methyl sites for hydroxylation is 2. The summed E-state index contributed by atoms with van der Waals surface area (Å²) in [6.45, 7) is 2.07. The van der Waals surface area contributed by atoms with E-state index in [-0.39, 0.29) is 6.17 Å². The van der Waals surface area contributed by atoms with Crippen molar-refractivity contribution >= 4 is 0 Å². The highest BCUT2D eigenvalue weighted by molar-refractivity contribution is 5.55. The van der Waals surface area contributed by atoms with Crippen LogP contribution in [0, 0.1) is 6.92 Å². The van der Waals surface area contributed by atoms with Gasteiger partial charge in [0.1, 0.15) is 12.0 Å². The molecule has 0 saturated carbocycles. The van der Waals surface area contributed by atoms with Gasteiger partial charge in [0, 0.05) is 12.0 Å². The van der Waals surface area contributed by atoms with Gasteiger partial charge in [0.25, 0.3) is 0 Å². The molecule has 88 valence electrons. The molecule has 0 saturated heterocycles. The molecule has 0 spiro atoms. The maximum absolute atomic E-state index is 6.02. The van der Waals surface area contributed by atoms with E-state index < -0.39 is 0 Å². The minimum absolute atomic E-state index is 0.00884. The van der Waals surface area contributed by atoms with Crippen molar-refractivity contribution in [3.63, 3.8) is 0 Å². The van der Waals surface area contributed by atoms with Crippen molar-refractivity contribution in [2.45, 2.75) is 32.4 Å². The highest BCUT2D eigenvalue weighted by Crippen LogP contribution is 2.23. The van der Waals surface area contributed by atoms with Gasteiger partial charge in [-0.2, -0.15) is 0 Å². The Balaban J connectivity index is 2.02. The Bertz CT molecular complexity index is 527. The molecule has 0 fully saturated rings. The monoisotopic (exact) mass is 228 g/mol. The molecule has 4 heteroatoms. The summed E-state index contributed by atoms with van der Waals surface area (Å²) in [6.07, 6.45) is 3.06. The minimum atomic E-state index is -0.00884. The summed E-state index contributed by atoms with van der Waals surface area (Å²) in [5.74, 6) is 1.80. The van der Waals surface area contributed by atoms with Crippen LogP contribution in [-0.2, 0) is 6.42 Å². The number of nitrogens with two attached hydrogens (primary N) is 1. The molecule has 1 aromatic carbocycles. The van der Waals surface area contributed by atoms with Crippen LogP contribution in [0.4, 0.5) is 0 Å². The Labute approximate surface area is 100 Å². The van der Waals surface area contributed by atoms with Crippen LogP contribution < -0.4 is 5.73 Å². The molecule has 1 aliphatic rings. The van der Waals surface area contributed by atoms with Crippen molar-refractivity contribution in [2.24, 2.45) is 5.73 Å². The molecule has 0 aliphatic carbocycles. The first-order valence-electron chi connectivity index (χ1n) is 6.02. The zero-order chi connectivity index (χ0) is 11.8. The van der Waals surface area contributed by atoms with Crippen molar-refractivity contribution in [2.75, 3.05) is 0 Å². The second kappa shape index (κ2) is 3.96. The molecule has 2 heterocycles. The average molecular weight is 228 g/mol. The standard InChI is InChI=1S/C13H16N4/c1-9-5-7-10(8-6-9)13-15-12-4-2-3-11(14)17(12)16-13/h5-8,11H,2-4,14H2,1H3. The highest BCUT2D eigenvalue weighted by atomic mass is 15.4. The van der Waals surface area contributed by atoms with E-state index in [9.17, 15) is 0 Å². The first kappa shape index (κ1) is 10.5. The second-order valence-electron chi connectivity index (χ2n) is 4.62. The van der Waals surface area contributed by atoms with Crippen LogP contribution in [0.1, 0.15) is 30.4 Å². The largest absolute Gasteiger partial charge is 0.310 e. The molecule has 1 aromatic heterocycles. The van der Waals surface area contributed by atoms with E-state index in [1.54, 1.807) is 0 Å². The van der Waals surface area contributed by atoms with E-state index in [0.717, 1.165) is 36.5 Å². The Morgan fingerprint density at radius 2 is 2.06 bits per heavy atom. The van der Waals surface area contributed by atoms with Gasteiger partial charge in [-0.1, -0.05) is 29.8 Å². The van der Waals surface area contributed by atoms with Gasteiger partial charge in [0.15, 0.2) is 5.82 Å². The molecular weight excluding hydrogens is 212 g/mol. The summed E-state index contributed by atoms with van der Waals surface area (Å²) in [5.41, 5.74) is 8.33. The lowest BCUT2D eigenvalue weighted by Crippen LogP contribution is -2.25. The normalized spacial score (nSPS) is 19.1. The number of benzene rings is 1. The minimum Gasteiger partial charge on any atom is -0.310 e. The van der Waals surface area contributed by atoms with Gasteiger partial charge < -0.3 is 5.73 Å². The quantitative estimate of drug-likeness (QED) is 0.812. The summed E-state index contributed by atoms with van der Waals surface area (Å²) in [6, 6.07) is 8.27. The van der Waals surface area contributed by atoms with E-state index in [1.165, 1.54) is 5.56 Å². The van der Waals surface area contributed by atoms with Gasteiger partial charge in [-0.25, -0.2) is 9.67 Å². The van der Waals surface area contributed by atoms with Gasteiger partial charge in [0.05, 0.1) is 0 Å². The highest BCUT2D eigenvalue weighted by Gasteiger charge is 2.20. The number of aromatic nitrogens is 3. The maximum atomic E-state index is 6.02. The van der Waals surface area contributed by atoms with Crippen LogP contribution in [0.2, 0.25) is 0 Å². The van der Waals surface area contributed by atoms with Gasteiger partial charge in [-0.15, -0.1) is 5.10 Å². The number of nitrogens with zero attached hydrogens (tertiary/aromatic N) is 3. The zero-order valence-corrected chi connectivity index (χ0v) is 9.93. The molecule has 1 aliphatic heterocycles. The third-order valence-electron chi connectivity index (χ3n) is 3.23. The lowest BCUT2D eigenvalue weighted by atomic mass is 10.1. The molecular formula is C13H16N4. The van der Waals surface area contributed by atoms with Crippen molar-refractivity contribution in [1.82, 2.24) is 14.8 Å². The first-order valence-corrected chi connectivity index (χ1v) is 6.02. The van der Waals surface area contributed by atoms with E-state index in [2.05, 4.69) is 41.3 Å². The fraction of sp³-hybridized carbons (Fsp3) is 0.385. The number of hydrogen-bond acceptors (Lipinski definition) is 3. The Morgan fingerprint density at radius 3 is 2.76 bits per heavy atom. The molecule has 2 aromatic rings. The first-order chi connectivity index (χ1) is 8.24. The van der Waals surface area contributed by atoms with Crippen molar-refractivity contribution < 1.29 is 0 Å². The molecule has 4 nitrogen and oxygen atoms in total. The number of rotatable bonds is 1. The average Bonchev–Trinajstić information content (AvgIpc) is 2.75. The van der Waals surface area contributed by atoms with Gasteiger partial charge in [0.2, 0.25) is 0 Å². The van der Waals surface area contributed by atoms with Crippen LogP contribution in [-0.4, -0.2) is 14.8 Å². The van der Waals surface area contributed by atoms with Gasteiger partial charge in [-0.05, 0) is 19.8 Å². The summed E-state index contributed by atoms with van der Waals surface area (Å²) >= 11 is 0. The Hall–Kier alpha value is -1.68. The molecule has 1 unspecified atom stereocenters. The van der Waals surface area contributed by atoms with Crippen LogP contribution in [0.25, 0.3) is 11.4 Å². The van der Waals surface area contributed by atoms with Gasteiger partial charge >= 0.3 is 0 Å². The van der Waals surface area contributed by atoms with Crippen LogP contribution in [0.3, 0.4) is 0 Å². The Kier molecular flexibility index (Phi) is 2.44. The fourth-order valence-corrected chi connectivity index (χ4v) is 2.21. The fourth-order valence-electron chi connectivity index (χ4n) is 2.21. The molecule has 17 heavy (non-hydrogen) atoms. The van der Waals surface area contributed by atoms with Crippen molar-refractivity contribution in [3.8, 4) is 11.4 Å². The van der Waals surface area contributed by atoms with Crippen molar-refractivity contribution in [3.05, 3.63) is 35.7 Å². The van der Waals surface area contributed by atoms with E-state index >= 15 is 0 Å². The predicted molar refractivity (Wildman–Crippen MR) is 66.4 cm³/mol. The van der Waals surface area contributed by atoms with Crippen LogP contribution >= 0.6 is 0 Å². The molecule has 0 bridgehead atoms.